The molecule has 0 aromatic carbocycles. The van der Waals surface area contributed by atoms with Crippen LogP contribution in [0.15, 0.2) is 0 Å². The lowest BCUT2D eigenvalue weighted by atomic mass is 10.1. The van der Waals surface area contributed by atoms with Crippen molar-refractivity contribution >= 4 is 11.6 Å². The summed E-state index contributed by atoms with van der Waals surface area (Å²) >= 11 is 6.40. The molecular weight excluding hydrogens is 393 g/mol. The van der Waals surface area contributed by atoms with Gasteiger partial charge in [0.2, 0.25) is 0 Å². The SMILES string of the molecule is CCCCCC[N+](CCl)(CCCCC)CCCCCC.[I-]. The second-order valence-corrected chi connectivity index (χ2v) is 6.70. The summed E-state index contributed by atoms with van der Waals surface area (Å²) in [7, 11) is 0. The van der Waals surface area contributed by atoms with Gasteiger partial charge in [-0.25, -0.2) is 0 Å². The lowest BCUT2D eigenvalue weighted by Gasteiger charge is -2.37. The van der Waals surface area contributed by atoms with Crippen LogP contribution in [0.5, 0.6) is 0 Å². The first-order valence-electron chi connectivity index (χ1n) is 9.15. The second kappa shape index (κ2) is 17.3. The van der Waals surface area contributed by atoms with Crippen LogP contribution in [0.3, 0.4) is 0 Å². The maximum absolute atomic E-state index is 6.40. The highest BCUT2D eigenvalue weighted by molar-refractivity contribution is 6.16. The van der Waals surface area contributed by atoms with E-state index in [1.165, 1.54) is 94.7 Å². The minimum Gasteiger partial charge on any atom is -1.00 e. The molecule has 1 nitrogen and oxygen atoms in total. The predicted molar refractivity (Wildman–Crippen MR) is 93.4 cm³/mol. The summed E-state index contributed by atoms with van der Waals surface area (Å²) in [6.45, 7) is 10.8. The van der Waals surface area contributed by atoms with E-state index in [0.717, 1.165) is 6.00 Å². The highest BCUT2D eigenvalue weighted by Gasteiger charge is 2.24. The summed E-state index contributed by atoms with van der Waals surface area (Å²) in [5.74, 6) is 0. The van der Waals surface area contributed by atoms with Crippen molar-refractivity contribution < 1.29 is 28.5 Å². The summed E-state index contributed by atoms with van der Waals surface area (Å²) in [4.78, 5) is 0. The molecule has 0 atom stereocenters. The molecule has 0 amide bonds. The molecular formula is C18H39ClIN. The number of unbranched alkanes of at least 4 members (excludes halogenated alkanes) is 8. The van der Waals surface area contributed by atoms with Gasteiger partial charge in [0.15, 0.2) is 6.00 Å². The summed E-state index contributed by atoms with van der Waals surface area (Å²) in [5.41, 5.74) is 0. The van der Waals surface area contributed by atoms with Gasteiger partial charge in [0.1, 0.15) is 0 Å². The van der Waals surface area contributed by atoms with Crippen molar-refractivity contribution in [3.8, 4) is 0 Å². The van der Waals surface area contributed by atoms with Crippen LogP contribution in [0.2, 0.25) is 0 Å². The molecule has 0 bridgehead atoms. The number of quaternary nitrogens is 1. The maximum Gasteiger partial charge on any atom is 0.154 e. The second-order valence-electron chi connectivity index (χ2n) is 6.46. The van der Waals surface area contributed by atoms with Crippen molar-refractivity contribution in [3.05, 3.63) is 0 Å². The predicted octanol–water partition coefficient (Wildman–Crippen LogP) is 3.35. The standard InChI is InChI=1S/C18H39ClN.HI/c1-4-7-10-13-16-20(18-19,15-12-9-6-3)17-14-11-8-5-2;/h4-18H2,1-3H3;1H/q+1;/p-1. The van der Waals surface area contributed by atoms with Crippen LogP contribution in [0.4, 0.5) is 0 Å². The average Bonchev–Trinajstić information content (AvgIpc) is 2.47. The summed E-state index contributed by atoms with van der Waals surface area (Å²) in [6, 6.07) is 0.821. The molecule has 0 fully saturated rings. The Morgan fingerprint density at radius 3 is 1.24 bits per heavy atom. The van der Waals surface area contributed by atoms with E-state index in [0.29, 0.717) is 0 Å². The molecule has 0 saturated heterocycles. The van der Waals surface area contributed by atoms with Crippen LogP contribution in [0.1, 0.15) is 91.4 Å². The number of halogens is 2. The van der Waals surface area contributed by atoms with Crippen molar-refractivity contribution in [1.29, 1.82) is 0 Å². The van der Waals surface area contributed by atoms with E-state index in [1.807, 2.05) is 0 Å². The first-order valence-corrected chi connectivity index (χ1v) is 9.69. The zero-order chi connectivity index (χ0) is 15.1. The fourth-order valence-electron chi connectivity index (χ4n) is 2.96. The number of rotatable bonds is 15. The number of hydrogen-bond acceptors (Lipinski definition) is 0. The van der Waals surface area contributed by atoms with Gasteiger partial charge in [-0.2, -0.15) is 0 Å². The Kier molecular flexibility index (Phi) is 20.0. The van der Waals surface area contributed by atoms with E-state index in [2.05, 4.69) is 20.8 Å². The van der Waals surface area contributed by atoms with Crippen molar-refractivity contribution in [2.24, 2.45) is 0 Å². The maximum atomic E-state index is 6.40. The zero-order valence-electron chi connectivity index (χ0n) is 14.8. The van der Waals surface area contributed by atoms with Gasteiger partial charge in [0.05, 0.1) is 19.6 Å². The summed E-state index contributed by atoms with van der Waals surface area (Å²) in [6.07, 6.45) is 14.9. The van der Waals surface area contributed by atoms with Gasteiger partial charge in [-0.3, -0.25) is 0 Å². The highest BCUT2D eigenvalue weighted by atomic mass is 127. The number of alkyl halides is 1. The van der Waals surface area contributed by atoms with Gasteiger partial charge in [0.25, 0.3) is 0 Å². The fourth-order valence-corrected chi connectivity index (χ4v) is 3.32. The Labute approximate surface area is 156 Å². The molecule has 130 valence electrons. The van der Waals surface area contributed by atoms with Crippen LogP contribution in [0.25, 0.3) is 0 Å². The molecule has 0 unspecified atom stereocenters. The van der Waals surface area contributed by atoms with Crippen LogP contribution in [-0.2, 0) is 0 Å². The Hall–Kier alpha value is 0.980. The fraction of sp³-hybridized carbons (Fsp3) is 1.00. The topological polar surface area (TPSA) is 0 Å². The molecule has 0 saturated carbocycles. The van der Waals surface area contributed by atoms with Crippen LogP contribution >= 0.6 is 11.6 Å². The third-order valence-electron chi connectivity index (χ3n) is 4.46. The normalized spacial score (nSPS) is 11.4. The molecule has 0 radical (unpaired) electrons. The molecule has 0 rings (SSSR count). The largest absolute Gasteiger partial charge is 1.00 e. The minimum atomic E-state index is 0. The molecule has 3 heteroatoms. The van der Waals surface area contributed by atoms with E-state index in [1.54, 1.807) is 0 Å². The van der Waals surface area contributed by atoms with Crippen LogP contribution in [0, 0.1) is 0 Å². The third kappa shape index (κ3) is 13.1. The molecule has 21 heavy (non-hydrogen) atoms. The van der Waals surface area contributed by atoms with Gasteiger partial charge < -0.3 is 28.5 Å². The van der Waals surface area contributed by atoms with Gasteiger partial charge >= 0.3 is 0 Å². The molecule has 0 aromatic rings. The van der Waals surface area contributed by atoms with Gasteiger partial charge in [0, 0.05) is 0 Å². The van der Waals surface area contributed by atoms with Crippen molar-refractivity contribution in [3.63, 3.8) is 0 Å². The zero-order valence-corrected chi connectivity index (χ0v) is 17.7. The van der Waals surface area contributed by atoms with Crippen molar-refractivity contribution in [2.75, 3.05) is 25.6 Å². The Morgan fingerprint density at radius 2 is 0.905 bits per heavy atom. The number of nitrogens with zero attached hydrogens (tertiary/aromatic N) is 1. The van der Waals surface area contributed by atoms with E-state index in [9.17, 15) is 0 Å². The number of hydrogen-bond donors (Lipinski definition) is 0. The quantitative estimate of drug-likeness (QED) is 0.123. The summed E-state index contributed by atoms with van der Waals surface area (Å²) < 4.78 is 1.18. The monoisotopic (exact) mass is 431 g/mol. The van der Waals surface area contributed by atoms with Crippen LogP contribution in [-0.4, -0.2) is 30.1 Å². The van der Waals surface area contributed by atoms with E-state index < -0.39 is 0 Å². The lowest BCUT2D eigenvalue weighted by Crippen LogP contribution is -3.00. The Bertz CT molecular complexity index is 188. The molecule has 0 N–H and O–H groups in total. The molecule has 0 heterocycles. The van der Waals surface area contributed by atoms with Gasteiger partial charge in [-0.15, -0.1) is 0 Å². The van der Waals surface area contributed by atoms with Crippen molar-refractivity contribution in [2.45, 2.75) is 91.4 Å². The van der Waals surface area contributed by atoms with E-state index >= 15 is 0 Å². The average molecular weight is 432 g/mol. The van der Waals surface area contributed by atoms with Gasteiger partial charge in [-0.1, -0.05) is 64.5 Å². The molecule has 0 aromatic heterocycles. The Balaban J connectivity index is 0. The first kappa shape index (κ1) is 24.2. The van der Waals surface area contributed by atoms with Gasteiger partial charge in [-0.05, 0) is 38.5 Å². The molecule has 0 aliphatic rings. The molecule has 0 aliphatic heterocycles. The van der Waals surface area contributed by atoms with E-state index in [4.69, 9.17) is 11.6 Å². The molecule has 0 aliphatic carbocycles. The highest BCUT2D eigenvalue weighted by Crippen LogP contribution is 2.18. The lowest BCUT2D eigenvalue weighted by molar-refractivity contribution is -0.918. The minimum absolute atomic E-state index is 0. The summed E-state index contributed by atoms with van der Waals surface area (Å²) in [5, 5.41) is 0. The first-order chi connectivity index (χ1) is 9.74. The third-order valence-corrected chi connectivity index (χ3v) is 4.97. The smallest absolute Gasteiger partial charge is 0.154 e. The van der Waals surface area contributed by atoms with Crippen molar-refractivity contribution in [1.82, 2.24) is 0 Å². The van der Waals surface area contributed by atoms with E-state index in [-0.39, 0.29) is 24.0 Å². The molecule has 0 spiro atoms. The Morgan fingerprint density at radius 1 is 0.571 bits per heavy atom. The van der Waals surface area contributed by atoms with Crippen LogP contribution < -0.4 is 24.0 Å².